The van der Waals surface area contributed by atoms with Crippen LogP contribution in [0.15, 0.2) is 36.7 Å². The van der Waals surface area contributed by atoms with Crippen LogP contribution in [0, 0.1) is 0 Å². The van der Waals surface area contributed by atoms with Gasteiger partial charge in [0.2, 0.25) is 0 Å². The van der Waals surface area contributed by atoms with E-state index in [9.17, 15) is 0 Å². The third-order valence-corrected chi connectivity index (χ3v) is 2.44. The highest BCUT2D eigenvalue weighted by Gasteiger charge is 1.98. The molecular weight excluding hydrogens is 244 g/mol. The Morgan fingerprint density at radius 2 is 1.53 bits per heavy atom. The van der Waals surface area contributed by atoms with Crippen LogP contribution in [-0.4, -0.2) is 29.6 Å². The lowest BCUT2D eigenvalue weighted by molar-refractivity contribution is 0.217. The van der Waals surface area contributed by atoms with E-state index in [2.05, 4.69) is 5.10 Å². The number of ether oxygens (including phenoxy) is 3. The molecule has 0 radical (unpaired) electrons. The maximum Gasteiger partial charge on any atom is 0.157 e. The van der Waals surface area contributed by atoms with Crippen molar-refractivity contribution in [3.63, 3.8) is 0 Å². The highest BCUT2D eigenvalue weighted by Crippen LogP contribution is 2.17. The minimum atomic E-state index is 0.485. The van der Waals surface area contributed by atoms with Crippen molar-refractivity contribution >= 4 is 0 Å². The number of nitrogens with zero attached hydrogens (tertiary/aromatic N) is 2. The number of hydrogen-bond donors (Lipinski definition) is 0. The van der Waals surface area contributed by atoms with Crippen molar-refractivity contribution in [2.24, 2.45) is 7.05 Å². The van der Waals surface area contributed by atoms with Gasteiger partial charge in [-0.25, -0.2) is 0 Å². The number of aryl methyl sites for hydroxylation is 1. The van der Waals surface area contributed by atoms with Crippen molar-refractivity contribution in [2.75, 3.05) is 19.8 Å². The average molecular weight is 262 g/mol. The van der Waals surface area contributed by atoms with E-state index in [-0.39, 0.29) is 0 Å². The molecular formula is C14H18N2O3. The molecule has 1 aromatic carbocycles. The first-order valence-electron chi connectivity index (χ1n) is 6.25. The van der Waals surface area contributed by atoms with Gasteiger partial charge in [0.25, 0.3) is 0 Å². The third-order valence-electron chi connectivity index (χ3n) is 2.44. The minimum Gasteiger partial charge on any atom is -0.494 e. The van der Waals surface area contributed by atoms with E-state index in [1.54, 1.807) is 10.9 Å². The maximum atomic E-state index is 5.56. The Bertz CT molecular complexity index is 494. The highest BCUT2D eigenvalue weighted by molar-refractivity contribution is 5.31. The maximum absolute atomic E-state index is 5.56. The van der Waals surface area contributed by atoms with Crippen LogP contribution in [0.2, 0.25) is 0 Å². The highest BCUT2D eigenvalue weighted by atomic mass is 16.5. The molecule has 0 bridgehead atoms. The molecule has 2 aromatic rings. The molecule has 2 rings (SSSR count). The molecule has 0 aliphatic heterocycles. The summed E-state index contributed by atoms with van der Waals surface area (Å²) in [5.41, 5.74) is 0. The summed E-state index contributed by atoms with van der Waals surface area (Å²) in [6.07, 6.45) is 3.49. The van der Waals surface area contributed by atoms with Gasteiger partial charge in [0.05, 0.1) is 19.0 Å². The van der Waals surface area contributed by atoms with Crippen LogP contribution < -0.4 is 14.2 Å². The molecule has 1 heterocycles. The van der Waals surface area contributed by atoms with Crippen LogP contribution in [0.25, 0.3) is 0 Å². The van der Waals surface area contributed by atoms with Crippen LogP contribution in [0.1, 0.15) is 6.92 Å². The van der Waals surface area contributed by atoms with Crippen LogP contribution in [0.5, 0.6) is 17.2 Å². The molecule has 5 nitrogen and oxygen atoms in total. The zero-order valence-electron chi connectivity index (χ0n) is 11.2. The molecule has 0 saturated heterocycles. The average Bonchev–Trinajstić information content (AvgIpc) is 2.83. The first-order chi connectivity index (χ1) is 9.28. The standard InChI is InChI=1S/C14H18N2O3/c1-3-17-12-4-6-13(7-5-12)18-8-9-19-14-10-15-16(2)11-14/h4-7,10-11H,3,8-9H2,1-2H3. The quantitative estimate of drug-likeness (QED) is 0.718. The lowest BCUT2D eigenvalue weighted by Crippen LogP contribution is -2.08. The Morgan fingerprint density at radius 3 is 2.05 bits per heavy atom. The van der Waals surface area contributed by atoms with Crippen molar-refractivity contribution in [1.82, 2.24) is 9.78 Å². The van der Waals surface area contributed by atoms with Gasteiger partial charge < -0.3 is 14.2 Å². The molecule has 0 saturated carbocycles. The molecule has 0 N–H and O–H groups in total. The van der Waals surface area contributed by atoms with Gasteiger partial charge in [-0.3, -0.25) is 4.68 Å². The lowest BCUT2D eigenvalue weighted by Gasteiger charge is -2.08. The molecule has 0 spiro atoms. The summed E-state index contributed by atoms with van der Waals surface area (Å²) in [7, 11) is 1.85. The van der Waals surface area contributed by atoms with E-state index >= 15 is 0 Å². The first-order valence-corrected chi connectivity index (χ1v) is 6.25. The van der Waals surface area contributed by atoms with Gasteiger partial charge in [-0.1, -0.05) is 0 Å². The smallest absolute Gasteiger partial charge is 0.157 e. The van der Waals surface area contributed by atoms with Gasteiger partial charge in [0.1, 0.15) is 24.7 Å². The van der Waals surface area contributed by atoms with Crippen molar-refractivity contribution in [1.29, 1.82) is 0 Å². The van der Waals surface area contributed by atoms with Gasteiger partial charge in [-0.05, 0) is 31.2 Å². The first kappa shape index (κ1) is 13.3. The van der Waals surface area contributed by atoms with Gasteiger partial charge >= 0.3 is 0 Å². The topological polar surface area (TPSA) is 45.5 Å². The normalized spacial score (nSPS) is 10.2. The van der Waals surface area contributed by atoms with Crippen molar-refractivity contribution < 1.29 is 14.2 Å². The van der Waals surface area contributed by atoms with Crippen LogP contribution >= 0.6 is 0 Å². The Labute approximate surface area is 112 Å². The fourth-order valence-corrected chi connectivity index (χ4v) is 1.59. The second kappa shape index (κ2) is 6.68. The third kappa shape index (κ3) is 4.21. The molecule has 0 aliphatic carbocycles. The summed E-state index contributed by atoms with van der Waals surface area (Å²) in [6, 6.07) is 7.55. The van der Waals surface area contributed by atoms with Gasteiger partial charge in [-0.2, -0.15) is 5.10 Å². The van der Waals surface area contributed by atoms with Crippen molar-refractivity contribution in [2.45, 2.75) is 6.92 Å². The molecule has 5 heteroatoms. The number of benzene rings is 1. The second-order valence-electron chi connectivity index (χ2n) is 3.95. The summed E-state index contributed by atoms with van der Waals surface area (Å²) in [5, 5.41) is 4.02. The van der Waals surface area contributed by atoms with E-state index in [1.807, 2.05) is 44.4 Å². The summed E-state index contributed by atoms with van der Waals surface area (Å²) < 4.78 is 18.1. The van der Waals surface area contributed by atoms with Gasteiger partial charge in [-0.15, -0.1) is 0 Å². The van der Waals surface area contributed by atoms with E-state index in [1.165, 1.54) is 0 Å². The molecule has 0 unspecified atom stereocenters. The van der Waals surface area contributed by atoms with Gasteiger partial charge in [0, 0.05) is 7.05 Å². The van der Waals surface area contributed by atoms with Crippen molar-refractivity contribution in [3.05, 3.63) is 36.7 Å². The lowest BCUT2D eigenvalue weighted by atomic mass is 10.3. The monoisotopic (exact) mass is 262 g/mol. The summed E-state index contributed by atoms with van der Waals surface area (Å²) in [5.74, 6) is 2.40. The summed E-state index contributed by atoms with van der Waals surface area (Å²) in [6.45, 7) is 3.60. The molecule has 0 fully saturated rings. The number of hydrogen-bond acceptors (Lipinski definition) is 4. The minimum absolute atomic E-state index is 0.485. The molecule has 0 aliphatic rings. The van der Waals surface area contributed by atoms with Gasteiger partial charge in [0.15, 0.2) is 5.75 Å². The fraction of sp³-hybridized carbons (Fsp3) is 0.357. The summed E-state index contributed by atoms with van der Waals surface area (Å²) in [4.78, 5) is 0. The largest absolute Gasteiger partial charge is 0.494 e. The fourth-order valence-electron chi connectivity index (χ4n) is 1.59. The van der Waals surface area contributed by atoms with Crippen LogP contribution in [0.4, 0.5) is 0 Å². The molecule has 102 valence electrons. The van der Waals surface area contributed by atoms with Crippen LogP contribution in [0.3, 0.4) is 0 Å². The van der Waals surface area contributed by atoms with E-state index < -0.39 is 0 Å². The SMILES string of the molecule is CCOc1ccc(OCCOc2cnn(C)c2)cc1. The Balaban J connectivity index is 1.70. The van der Waals surface area contributed by atoms with Crippen molar-refractivity contribution in [3.8, 4) is 17.2 Å². The molecule has 1 aromatic heterocycles. The molecule has 0 amide bonds. The molecule has 0 atom stereocenters. The number of rotatable bonds is 7. The second-order valence-corrected chi connectivity index (χ2v) is 3.95. The number of aromatic nitrogens is 2. The van der Waals surface area contributed by atoms with Crippen LogP contribution in [-0.2, 0) is 7.05 Å². The predicted molar refractivity (Wildman–Crippen MR) is 71.8 cm³/mol. The Kier molecular flexibility index (Phi) is 4.66. The predicted octanol–water partition coefficient (Wildman–Crippen LogP) is 2.28. The summed E-state index contributed by atoms with van der Waals surface area (Å²) >= 11 is 0. The van der Waals surface area contributed by atoms with E-state index in [4.69, 9.17) is 14.2 Å². The van der Waals surface area contributed by atoms with E-state index in [0.29, 0.717) is 19.8 Å². The van der Waals surface area contributed by atoms with E-state index in [0.717, 1.165) is 17.2 Å². The Morgan fingerprint density at radius 1 is 0.947 bits per heavy atom. The zero-order valence-corrected chi connectivity index (χ0v) is 11.2. The molecule has 19 heavy (non-hydrogen) atoms. The Hall–Kier alpha value is -2.17. The zero-order chi connectivity index (χ0) is 13.5.